The van der Waals surface area contributed by atoms with Gasteiger partial charge in [-0.05, 0) is 30.7 Å². The molecule has 2 atom stereocenters. The zero-order chi connectivity index (χ0) is 23.0. The molecule has 0 radical (unpaired) electrons. The summed E-state index contributed by atoms with van der Waals surface area (Å²) in [5.74, 6) is -1.39. The van der Waals surface area contributed by atoms with E-state index in [9.17, 15) is 19.5 Å². The summed E-state index contributed by atoms with van der Waals surface area (Å²) in [5.41, 5.74) is 1.35. The Labute approximate surface area is 191 Å². The molecule has 164 valence electrons. The Hall–Kier alpha value is -3.43. The topological polar surface area (TPSA) is 128 Å². The molecule has 1 amide bonds. The van der Waals surface area contributed by atoms with Crippen molar-refractivity contribution in [2.75, 3.05) is 0 Å². The van der Waals surface area contributed by atoms with E-state index in [0.717, 1.165) is 10.4 Å². The number of nitrogens with one attached hydrogen (secondary N) is 3. The van der Waals surface area contributed by atoms with Crippen LogP contribution in [0.3, 0.4) is 0 Å². The number of nitrogens with zero attached hydrogens (tertiary/aromatic N) is 1. The van der Waals surface area contributed by atoms with Crippen LogP contribution in [0.1, 0.15) is 50.4 Å². The number of halogens is 1. The molecule has 0 saturated carbocycles. The average Bonchev–Trinajstić information content (AvgIpc) is 3.39. The minimum atomic E-state index is -1.28. The molecule has 0 aliphatic heterocycles. The quantitative estimate of drug-likeness (QED) is 0.339. The molecule has 4 aromatic rings. The smallest absolute Gasteiger partial charge is 0.330 e. The van der Waals surface area contributed by atoms with E-state index in [1.807, 2.05) is 6.92 Å². The predicted molar refractivity (Wildman–Crippen MR) is 123 cm³/mol. The van der Waals surface area contributed by atoms with Crippen molar-refractivity contribution in [3.05, 3.63) is 84.7 Å². The molecular weight excluding hydrogens is 452 g/mol. The van der Waals surface area contributed by atoms with Gasteiger partial charge in [-0.2, -0.15) is 0 Å². The standard InChI is InChI=1S/C22H19ClN4O4S/c1-10(13-9-24-19-17(13)21(29)26-11(2)25-19)15-7-8-16(32-15)20(28)27-18(22(30)31)12-5-3-4-6-14(12)23/h3-10,18H,1-2H3,(H,27,28)(H,30,31)(H2,24,25,26,29). The first-order chi connectivity index (χ1) is 15.3. The number of benzene rings is 1. The number of carbonyl (C=O) groups is 2. The van der Waals surface area contributed by atoms with Crippen LogP contribution in [0.5, 0.6) is 0 Å². The highest BCUT2D eigenvalue weighted by Gasteiger charge is 2.26. The Morgan fingerprint density at radius 1 is 1.19 bits per heavy atom. The largest absolute Gasteiger partial charge is 0.479 e. The summed E-state index contributed by atoms with van der Waals surface area (Å²) in [5, 5.41) is 12.9. The maximum absolute atomic E-state index is 12.8. The van der Waals surface area contributed by atoms with E-state index >= 15 is 0 Å². The van der Waals surface area contributed by atoms with Gasteiger partial charge in [0.2, 0.25) is 0 Å². The Balaban J connectivity index is 1.60. The lowest BCUT2D eigenvalue weighted by molar-refractivity contribution is -0.139. The van der Waals surface area contributed by atoms with Crippen LogP contribution in [0.4, 0.5) is 0 Å². The third-order valence-corrected chi connectivity index (χ3v) is 6.78. The minimum Gasteiger partial charge on any atom is -0.479 e. The van der Waals surface area contributed by atoms with Gasteiger partial charge in [-0.3, -0.25) is 9.59 Å². The second-order valence-electron chi connectivity index (χ2n) is 7.31. The molecule has 0 spiro atoms. The average molecular weight is 471 g/mol. The van der Waals surface area contributed by atoms with Gasteiger partial charge in [-0.15, -0.1) is 11.3 Å². The highest BCUT2D eigenvalue weighted by Crippen LogP contribution is 2.33. The first-order valence-electron chi connectivity index (χ1n) is 9.72. The predicted octanol–water partition coefficient (Wildman–Crippen LogP) is 3.98. The van der Waals surface area contributed by atoms with Crippen molar-refractivity contribution < 1.29 is 14.7 Å². The van der Waals surface area contributed by atoms with E-state index in [-0.39, 0.29) is 16.5 Å². The number of H-pyrrole nitrogens is 2. The van der Waals surface area contributed by atoms with Gasteiger partial charge in [0.1, 0.15) is 11.5 Å². The molecular formula is C22H19ClN4O4S. The SMILES string of the molecule is Cc1nc2[nH]cc(C(C)c3ccc(C(=O)NC(C(=O)O)c4ccccc4Cl)s3)c2c(=O)[nH]1. The monoisotopic (exact) mass is 470 g/mol. The fourth-order valence-corrected chi connectivity index (χ4v) is 4.79. The molecule has 0 saturated heterocycles. The second-order valence-corrected chi connectivity index (χ2v) is 8.83. The molecule has 4 rings (SSSR count). The van der Waals surface area contributed by atoms with Crippen LogP contribution in [0.25, 0.3) is 11.0 Å². The summed E-state index contributed by atoms with van der Waals surface area (Å²) in [6, 6.07) is 8.64. The molecule has 4 N–H and O–H groups in total. The molecule has 0 fully saturated rings. The summed E-state index contributed by atoms with van der Waals surface area (Å²) < 4.78 is 0. The molecule has 0 aliphatic carbocycles. The number of rotatable bonds is 6. The number of aliphatic carboxylic acids is 1. The van der Waals surface area contributed by atoms with E-state index in [1.54, 1.807) is 49.5 Å². The van der Waals surface area contributed by atoms with E-state index in [2.05, 4.69) is 20.3 Å². The highest BCUT2D eigenvalue weighted by atomic mass is 35.5. The maximum atomic E-state index is 12.8. The number of aryl methyl sites for hydroxylation is 1. The zero-order valence-corrected chi connectivity index (χ0v) is 18.7. The molecule has 0 aliphatic rings. The molecule has 10 heteroatoms. The number of hydrogen-bond donors (Lipinski definition) is 4. The molecule has 0 bridgehead atoms. The van der Waals surface area contributed by atoms with Crippen LogP contribution in [-0.4, -0.2) is 31.9 Å². The summed E-state index contributed by atoms with van der Waals surface area (Å²) in [7, 11) is 0. The number of aromatic nitrogens is 3. The van der Waals surface area contributed by atoms with Gasteiger partial charge in [0.05, 0.1) is 10.3 Å². The molecule has 32 heavy (non-hydrogen) atoms. The zero-order valence-electron chi connectivity index (χ0n) is 17.1. The molecule has 3 heterocycles. The van der Waals surface area contributed by atoms with E-state index < -0.39 is 17.9 Å². The van der Waals surface area contributed by atoms with Gasteiger partial charge in [0, 0.05) is 27.6 Å². The number of aromatic amines is 2. The summed E-state index contributed by atoms with van der Waals surface area (Å²) >= 11 is 7.35. The number of amides is 1. The number of carbonyl (C=O) groups excluding carboxylic acids is 1. The van der Waals surface area contributed by atoms with E-state index in [0.29, 0.717) is 27.3 Å². The highest BCUT2D eigenvalue weighted by molar-refractivity contribution is 7.14. The summed E-state index contributed by atoms with van der Waals surface area (Å²) in [6.45, 7) is 3.64. The molecule has 3 aromatic heterocycles. The first-order valence-corrected chi connectivity index (χ1v) is 10.9. The van der Waals surface area contributed by atoms with Crippen LogP contribution in [0.2, 0.25) is 5.02 Å². The third kappa shape index (κ3) is 4.04. The Morgan fingerprint density at radius 2 is 1.94 bits per heavy atom. The number of thiophene rings is 1. The lowest BCUT2D eigenvalue weighted by atomic mass is 10.0. The lowest BCUT2D eigenvalue weighted by Crippen LogP contribution is -2.33. The van der Waals surface area contributed by atoms with Crippen molar-refractivity contribution in [1.82, 2.24) is 20.3 Å². The van der Waals surface area contributed by atoms with E-state index in [4.69, 9.17) is 11.6 Å². The second kappa shape index (κ2) is 8.60. The van der Waals surface area contributed by atoms with Gasteiger partial charge in [-0.1, -0.05) is 36.7 Å². The lowest BCUT2D eigenvalue weighted by Gasteiger charge is -2.15. The van der Waals surface area contributed by atoms with Gasteiger partial charge < -0.3 is 20.4 Å². The molecule has 1 aromatic carbocycles. The van der Waals surface area contributed by atoms with Gasteiger partial charge in [-0.25, -0.2) is 9.78 Å². The van der Waals surface area contributed by atoms with Crippen molar-refractivity contribution in [3.63, 3.8) is 0 Å². The Bertz CT molecular complexity index is 1390. The van der Waals surface area contributed by atoms with Crippen LogP contribution in [0, 0.1) is 6.92 Å². The van der Waals surface area contributed by atoms with Gasteiger partial charge in [0.15, 0.2) is 6.04 Å². The summed E-state index contributed by atoms with van der Waals surface area (Å²) in [6.07, 6.45) is 1.74. The number of fused-ring (bicyclic) bond motifs is 1. The van der Waals surface area contributed by atoms with Crippen molar-refractivity contribution in [2.45, 2.75) is 25.8 Å². The Kier molecular flexibility index (Phi) is 5.86. The van der Waals surface area contributed by atoms with Gasteiger partial charge in [0.25, 0.3) is 11.5 Å². The fraction of sp³-hybridized carbons (Fsp3) is 0.182. The number of carboxylic acid groups (broad SMARTS) is 1. The number of hydrogen-bond acceptors (Lipinski definition) is 5. The maximum Gasteiger partial charge on any atom is 0.330 e. The van der Waals surface area contributed by atoms with Crippen LogP contribution in [0.15, 0.2) is 47.4 Å². The van der Waals surface area contributed by atoms with Crippen molar-refractivity contribution in [2.24, 2.45) is 0 Å². The molecule has 2 unspecified atom stereocenters. The third-order valence-electron chi connectivity index (χ3n) is 5.17. The minimum absolute atomic E-state index is 0.181. The Morgan fingerprint density at radius 3 is 2.66 bits per heavy atom. The number of carboxylic acids is 1. The summed E-state index contributed by atoms with van der Waals surface area (Å²) in [4.78, 5) is 48.2. The molecule has 8 nitrogen and oxygen atoms in total. The fourth-order valence-electron chi connectivity index (χ4n) is 3.56. The van der Waals surface area contributed by atoms with Crippen molar-refractivity contribution >= 4 is 45.8 Å². The van der Waals surface area contributed by atoms with Crippen LogP contribution in [-0.2, 0) is 4.79 Å². The van der Waals surface area contributed by atoms with Crippen molar-refractivity contribution in [1.29, 1.82) is 0 Å². The van der Waals surface area contributed by atoms with E-state index in [1.165, 1.54) is 11.3 Å². The van der Waals surface area contributed by atoms with Crippen LogP contribution >= 0.6 is 22.9 Å². The van der Waals surface area contributed by atoms with Gasteiger partial charge >= 0.3 is 5.97 Å². The van der Waals surface area contributed by atoms with Crippen molar-refractivity contribution in [3.8, 4) is 0 Å². The first kappa shape index (κ1) is 21.8. The van der Waals surface area contributed by atoms with Crippen LogP contribution < -0.4 is 10.9 Å². The normalized spacial score (nSPS) is 13.1.